The van der Waals surface area contributed by atoms with Gasteiger partial charge in [0.25, 0.3) is 0 Å². The molecule has 2 aliphatic carbocycles. The van der Waals surface area contributed by atoms with Gasteiger partial charge in [-0.3, -0.25) is 9.69 Å². The lowest BCUT2D eigenvalue weighted by Gasteiger charge is -2.37. The normalized spacial score (nSPS) is 29.6. The number of hydrogen-bond donors (Lipinski definition) is 1. The van der Waals surface area contributed by atoms with E-state index in [4.69, 9.17) is 0 Å². The summed E-state index contributed by atoms with van der Waals surface area (Å²) in [5.41, 5.74) is 0. The van der Waals surface area contributed by atoms with Gasteiger partial charge in [0.15, 0.2) is 0 Å². The van der Waals surface area contributed by atoms with E-state index in [1.54, 1.807) is 18.2 Å². The van der Waals surface area contributed by atoms with Crippen molar-refractivity contribution in [3.05, 3.63) is 28.7 Å². The SMILES string of the molecule is CC(NC(=O)C(C)N1CCN(S(=O)(=O)c2cccc(Br)c2)CC1)C1CC2CCC1C2. The van der Waals surface area contributed by atoms with Gasteiger partial charge >= 0.3 is 0 Å². The van der Waals surface area contributed by atoms with E-state index in [1.165, 1.54) is 30.0 Å². The van der Waals surface area contributed by atoms with Gasteiger partial charge < -0.3 is 5.32 Å². The van der Waals surface area contributed by atoms with Gasteiger partial charge in [-0.05, 0) is 69.1 Å². The maximum absolute atomic E-state index is 12.9. The van der Waals surface area contributed by atoms with Crippen LogP contribution in [0.4, 0.5) is 0 Å². The second-order valence-electron chi connectivity index (χ2n) is 9.21. The van der Waals surface area contributed by atoms with Crippen LogP contribution < -0.4 is 5.32 Å². The van der Waals surface area contributed by atoms with Crippen LogP contribution >= 0.6 is 15.9 Å². The van der Waals surface area contributed by atoms with Gasteiger partial charge in [0.2, 0.25) is 15.9 Å². The minimum atomic E-state index is -3.51. The molecule has 3 fully saturated rings. The molecular formula is C22H32BrN3O3S. The van der Waals surface area contributed by atoms with Gasteiger partial charge in [-0.15, -0.1) is 0 Å². The van der Waals surface area contributed by atoms with Crippen LogP contribution in [-0.2, 0) is 14.8 Å². The van der Waals surface area contributed by atoms with Crippen molar-refractivity contribution in [2.24, 2.45) is 17.8 Å². The van der Waals surface area contributed by atoms with E-state index in [1.807, 2.05) is 13.0 Å². The Kier molecular flexibility index (Phi) is 6.59. The molecule has 8 heteroatoms. The molecule has 2 saturated carbocycles. The fourth-order valence-corrected chi connectivity index (χ4v) is 7.65. The smallest absolute Gasteiger partial charge is 0.243 e. The Bertz CT molecular complexity index is 885. The molecule has 2 bridgehead atoms. The van der Waals surface area contributed by atoms with Crippen LogP contribution in [0, 0.1) is 17.8 Å². The van der Waals surface area contributed by atoms with E-state index >= 15 is 0 Å². The average Bonchev–Trinajstić information content (AvgIpc) is 3.37. The first-order chi connectivity index (χ1) is 14.3. The second-order valence-corrected chi connectivity index (χ2v) is 12.1. The summed E-state index contributed by atoms with van der Waals surface area (Å²) in [6, 6.07) is 6.77. The topological polar surface area (TPSA) is 69.7 Å². The van der Waals surface area contributed by atoms with Gasteiger partial charge in [-0.25, -0.2) is 8.42 Å². The van der Waals surface area contributed by atoms with Gasteiger partial charge in [0.05, 0.1) is 10.9 Å². The number of nitrogens with zero attached hydrogens (tertiary/aromatic N) is 2. The molecule has 3 aliphatic rings. The third-order valence-electron chi connectivity index (χ3n) is 7.44. The van der Waals surface area contributed by atoms with Crippen molar-refractivity contribution in [3.63, 3.8) is 0 Å². The highest BCUT2D eigenvalue weighted by Crippen LogP contribution is 2.49. The Labute approximate surface area is 188 Å². The Morgan fingerprint density at radius 3 is 2.47 bits per heavy atom. The first-order valence-electron chi connectivity index (χ1n) is 11.1. The molecule has 30 heavy (non-hydrogen) atoms. The molecule has 0 radical (unpaired) electrons. The van der Waals surface area contributed by atoms with Crippen LogP contribution in [-0.4, -0.2) is 61.8 Å². The van der Waals surface area contributed by atoms with Crippen LogP contribution in [0.25, 0.3) is 0 Å². The minimum Gasteiger partial charge on any atom is -0.352 e. The highest BCUT2D eigenvalue weighted by Gasteiger charge is 2.42. The lowest BCUT2D eigenvalue weighted by atomic mass is 9.84. The molecule has 1 aromatic carbocycles. The Hall–Kier alpha value is -0.960. The third-order valence-corrected chi connectivity index (χ3v) is 9.83. The molecular weight excluding hydrogens is 466 g/mol. The van der Waals surface area contributed by atoms with Gasteiger partial charge in [0, 0.05) is 36.7 Å². The summed E-state index contributed by atoms with van der Waals surface area (Å²) < 4.78 is 28.1. The monoisotopic (exact) mass is 497 g/mol. The summed E-state index contributed by atoms with van der Waals surface area (Å²) in [6.45, 7) is 6.00. The third kappa shape index (κ3) is 4.47. The molecule has 5 unspecified atom stereocenters. The Morgan fingerprint density at radius 1 is 1.13 bits per heavy atom. The van der Waals surface area contributed by atoms with Crippen LogP contribution in [0.5, 0.6) is 0 Å². The number of piperazine rings is 1. The molecule has 1 aliphatic heterocycles. The lowest BCUT2D eigenvalue weighted by molar-refractivity contribution is -0.127. The number of hydrogen-bond acceptors (Lipinski definition) is 4. The van der Waals surface area contributed by atoms with Crippen molar-refractivity contribution in [2.75, 3.05) is 26.2 Å². The standard InChI is InChI=1S/C22H32BrN3O3S/c1-15(21-13-17-6-7-18(21)12-17)24-22(27)16(2)25-8-10-26(11-9-25)30(28,29)20-5-3-4-19(23)14-20/h3-5,14-18,21H,6-13H2,1-2H3,(H,24,27). The van der Waals surface area contributed by atoms with E-state index < -0.39 is 10.0 Å². The number of halogens is 1. The number of fused-ring (bicyclic) bond motifs is 2. The van der Waals surface area contributed by atoms with Gasteiger partial charge in [0.1, 0.15) is 0 Å². The summed E-state index contributed by atoms with van der Waals surface area (Å²) >= 11 is 3.34. The zero-order valence-corrected chi connectivity index (χ0v) is 20.2. The average molecular weight is 498 g/mol. The minimum absolute atomic E-state index is 0.0635. The van der Waals surface area contributed by atoms with Crippen molar-refractivity contribution in [1.29, 1.82) is 0 Å². The molecule has 0 spiro atoms. The summed E-state index contributed by atoms with van der Waals surface area (Å²) in [6.07, 6.45) is 5.28. The summed E-state index contributed by atoms with van der Waals surface area (Å²) in [4.78, 5) is 15.3. The molecule has 1 heterocycles. The lowest BCUT2D eigenvalue weighted by Crippen LogP contribution is -2.56. The molecule has 6 nitrogen and oxygen atoms in total. The van der Waals surface area contributed by atoms with Crippen LogP contribution in [0.2, 0.25) is 0 Å². The number of nitrogens with one attached hydrogen (secondary N) is 1. The quantitative estimate of drug-likeness (QED) is 0.655. The van der Waals surface area contributed by atoms with E-state index in [2.05, 4.69) is 33.1 Å². The highest BCUT2D eigenvalue weighted by atomic mass is 79.9. The van der Waals surface area contributed by atoms with Crippen LogP contribution in [0.3, 0.4) is 0 Å². The number of carbonyl (C=O) groups is 1. The maximum Gasteiger partial charge on any atom is 0.243 e. The van der Waals surface area contributed by atoms with Crippen molar-refractivity contribution >= 4 is 31.9 Å². The zero-order valence-electron chi connectivity index (χ0n) is 17.8. The predicted octanol–water partition coefficient (Wildman–Crippen LogP) is 3.08. The molecule has 1 aromatic rings. The number of sulfonamides is 1. The maximum atomic E-state index is 12.9. The number of amides is 1. The summed E-state index contributed by atoms with van der Waals surface area (Å²) in [7, 11) is -3.51. The fourth-order valence-electron chi connectivity index (χ4n) is 5.63. The van der Waals surface area contributed by atoms with Gasteiger partial charge in [-0.2, -0.15) is 4.31 Å². The molecule has 1 saturated heterocycles. The van der Waals surface area contributed by atoms with Crippen LogP contribution in [0.15, 0.2) is 33.6 Å². The summed E-state index contributed by atoms with van der Waals surface area (Å²) in [5, 5.41) is 3.26. The van der Waals surface area contributed by atoms with E-state index in [9.17, 15) is 13.2 Å². The van der Waals surface area contributed by atoms with Crippen molar-refractivity contribution in [3.8, 4) is 0 Å². The number of carbonyl (C=O) groups excluding carboxylic acids is 1. The molecule has 4 rings (SSSR count). The zero-order chi connectivity index (χ0) is 21.5. The highest BCUT2D eigenvalue weighted by molar-refractivity contribution is 9.10. The Morgan fingerprint density at radius 2 is 1.87 bits per heavy atom. The predicted molar refractivity (Wildman–Crippen MR) is 120 cm³/mol. The molecule has 0 aromatic heterocycles. The van der Waals surface area contributed by atoms with Gasteiger partial charge in [-0.1, -0.05) is 28.4 Å². The molecule has 166 valence electrons. The first kappa shape index (κ1) is 22.2. The number of benzene rings is 1. The largest absolute Gasteiger partial charge is 0.352 e. The fraction of sp³-hybridized carbons (Fsp3) is 0.682. The molecule has 5 atom stereocenters. The van der Waals surface area contributed by atoms with E-state index in [0.29, 0.717) is 37.0 Å². The first-order valence-corrected chi connectivity index (χ1v) is 13.3. The second kappa shape index (κ2) is 8.88. The van der Waals surface area contributed by atoms with E-state index in [-0.39, 0.29) is 18.0 Å². The van der Waals surface area contributed by atoms with Crippen molar-refractivity contribution < 1.29 is 13.2 Å². The summed E-state index contributed by atoms with van der Waals surface area (Å²) in [5.74, 6) is 2.34. The number of rotatable bonds is 6. The molecule has 1 N–H and O–H groups in total. The van der Waals surface area contributed by atoms with Crippen molar-refractivity contribution in [2.45, 2.75) is 56.5 Å². The van der Waals surface area contributed by atoms with E-state index in [0.717, 1.165) is 16.3 Å². The van der Waals surface area contributed by atoms with Crippen LogP contribution in [0.1, 0.15) is 39.5 Å². The Balaban J connectivity index is 1.30. The molecule has 1 amide bonds. The van der Waals surface area contributed by atoms with Crippen molar-refractivity contribution in [1.82, 2.24) is 14.5 Å².